The van der Waals surface area contributed by atoms with Gasteiger partial charge in [0.15, 0.2) is 0 Å². The third-order valence-electron chi connectivity index (χ3n) is 3.66. The number of aryl methyl sites for hydroxylation is 1. The molecule has 1 atom stereocenters. The van der Waals surface area contributed by atoms with Gasteiger partial charge in [0.05, 0.1) is 12.8 Å². The first-order chi connectivity index (χ1) is 9.69. The zero-order valence-corrected chi connectivity index (χ0v) is 11.2. The Hall–Kier alpha value is -2.30. The Labute approximate surface area is 116 Å². The summed E-state index contributed by atoms with van der Waals surface area (Å²) in [7, 11) is 1.41. The van der Waals surface area contributed by atoms with E-state index in [9.17, 15) is 9.90 Å². The molecule has 0 spiro atoms. The van der Waals surface area contributed by atoms with Gasteiger partial charge >= 0.3 is 5.97 Å². The number of fused-ring (bicyclic) bond motifs is 1. The summed E-state index contributed by atoms with van der Waals surface area (Å²) < 4.78 is 6.77. The van der Waals surface area contributed by atoms with E-state index < -0.39 is 0 Å². The molecule has 1 aromatic carbocycles. The number of rotatable bonds is 2. The maximum Gasteiger partial charge on any atom is 0.328 e. The molecule has 20 heavy (non-hydrogen) atoms. The van der Waals surface area contributed by atoms with Gasteiger partial charge in [-0.2, -0.15) is 0 Å². The van der Waals surface area contributed by atoms with Crippen molar-refractivity contribution in [2.75, 3.05) is 7.11 Å². The molecule has 1 N–H and O–H groups in total. The second-order valence-corrected chi connectivity index (χ2v) is 4.93. The molecule has 1 aromatic heterocycles. The number of hydrogen-bond donors (Lipinski definition) is 1. The number of benzene rings is 1. The van der Waals surface area contributed by atoms with E-state index in [1.807, 2.05) is 22.9 Å². The first kappa shape index (κ1) is 12.7. The van der Waals surface area contributed by atoms with Crippen molar-refractivity contribution in [1.29, 1.82) is 0 Å². The standard InChI is InChI=1S/C15H16N2O3/c1-20-15(19)13-3-2-4-14-16-12(9-17(13)14)10-5-7-11(18)8-6-10/h5-9,13,18H,2-4H2,1H3. The highest BCUT2D eigenvalue weighted by Crippen LogP contribution is 2.29. The van der Waals surface area contributed by atoms with E-state index in [2.05, 4.69) is 4.98 Å². The lowest BCUT2D eigenvalue weighted by atomic mass is 10.1. The predicted molar refractivity (Wildman–Crippen MR) is 73.3 cm³/mol. The second kappa shape index (κ2) is 5.00. The van der Waals surface area contributed by atoms with E-state index in [1.165, 1.54) is 7.11 Å². The second-order valence-electron chi connectivity index (χ2n) is 4.93. The molecule has 0 aliphatic carbocycles. The lowest BCUT2D eigenvalue weighted by Crippen LogP contribution is -2.25. The van der Waals surface area contributed by atoms with Crippen LogP contribution in [0.3, 0.4) is 0 Å². The first-order valence-electron chi connectivity index (χ1n) is 6.64. The zero-order valence-electron chi connectivity index (χ0n) is 11.2. The minimum atomic E-state index is -0.276. The van der Waals surface area contributed by atoms with E-state index in [0.717, 1.165) is 36.3 Å². The van der Waals surface area contributed by atoms with Crippen LogP contribution in [0.4, 0.5) is 0 Å². The monoisotopic (exact) mass is 272 g/mol. The number of carbonyl (C=O) groups excluding carboxylic acids is 1. The Morgan fingerprint density at radius 2 is 2.15 bits per heavy atom. The minimum Gasteiger partial charge on any atom is -0.508 e. The third kappa shape index (κ3) is 2.15. The summed E-state index contributed by atoms with van der Waals surface area (Å²) in [6, 6.07) is 6.62. The van der Waals surface area contributed by atoms with Crippen molar-refractivity contribution in [3.63, 3.8) is 0 Å². The molecule has 1 aliphatic rings. The Balaban J connectivity index is 1.99. The summed E-state index contributed by atoms with van der Waals surface area (Å²) in [4.78, 5) is 16.4. The van der Waals surface area contributed by atoms with Gasteiger partial charge in [0.2, 0.25) is 0 Å². The molecule has 2 heterocycles. The summed E-state index contributed by atoms with van der Waals surface area (Å²) in [6.07, 6.45) is 4.48. The Bertz CT molecular complexity index is 631. The average molecular weight is 272 g/mol. The van der Waals surface area contributed by atoms with E-state index in [4.69, 9.17) is 4.74 Å². The van der Waals surface area contributed by atoms with Crippen LogP contribution < -0.4 is 0 Å². The van der Waals surface area contributed by atoms with E-state index in [-0.39, 0.29) is 17.8 Å². The fourth-order valence-electron chi connectivity index (χ4n) is 2.62. The van der Waals surface area contributed by atoms with Gasteiger partial charge in [-0.15, -0.1) is 0 Å². The molecule has 1 unspecified atom stereocenters. The van der Waals surface area contributed by atoms with Crippen molar-refractivity contribution in [2.45, 2.75) is 25.3 Å². The van der Waals surface area contributed by atoms with Crippen LogP contribution in [-0.4, -0.2) is 27.7 Å². The predicted octanol–water partition coefficient (Wildman–Crippen LogP) is 2.31. The van der Waals surface area contributed by atoms with Crippen molar-refractivity contribution >= 4 is 5.97 Å². The number of nitrogens with zero attached hydrogens (tertiary/aromatic N) is 2. The number of imidazole rings is 1. The SMILES string of the molecule is COC(=O)C1CCCc2nc(-c3ccc(O)cc3)cn21. The van der Waals surface area contributed by atoms with Crippen molar-refractivity contribution in [2.24, 2.45) is 0 Å². The largest absolute Gasteiger partial charge is 0.508 e. The molecular formula is C15H16N2O3. The van der Waals surface area contributed by atoms with Crippen LogP contribution in [0, 0.1) is 0 Å². The van der Waals surface area contributed by atoms with Gasteiger partial charge in [0.25, 0.3) is 0 Å². The summed E-state index contributed by atoms with van der Waals surface area (Å²) >= 11 is 0. The molecule has 0 radical (unpaired) electrons. The number of hydrogen-bond acceptors (Lipinski definition) is 4. The molecule has 104 valence electrons. The van der Waals surface area contributed by atoms with Crippen molar-refractivity contribution in [3.05, 3.63) is 36.3 Å². The highest BCUT2D eigenvalue weighted by molar-refractivity contribution is 5.74. The topological polar surface area (TPSA) is 64.3 Å². The number of esters is 1. The van der Waals surface area contributed by atoms with E-state index >= 15 is 0 Å². The van der Waals surface area contributed by atoms with Crippen LogP contribution >= 0.6 is 0 Å². The molecule has 1 aliphatic heterocycles. The fraction of sp³-hybridized carbons (Fsp3) is 0.333. The summed E-state index contributed by atoms with van der Waals surface area (Å²) in [6.45, 7) is 0. The Kier molecular flexibility index (Phi) is 3.18. The highest BCUT2D eigenvalue weighted by Gasteiger charge is 2.28. The van der Waals surface area contributed by atoms with Gasteiger partial charge in [-0.05, 0) is 37.1 Å². The number of methoxy groups -OCH3 is 1. The van der Waals surface area contributed by atoms with Crippen LogP contribution in [0.25, 0.3) is 11.3 Å². The Morgan fingerprint density at radius 3 is 2.85 bits per heavy atom. The highest BCUT2D eigenvalue weighted by atomic mass is 16.5. The molecular weight excluding hydrogens is 256 g/mol. The molecule has 2 aromatic rings. The molecule has 5 nitrogen and oxygen atoms in total. The minimum absolute atomic E-state index is 0.222. The van der Waals surface area contributed by atoms with Gasteiger partial charge in [-0.25, -0.2) is 9.78 Å². The van der Waals surface area contributed by atoms with Gasteiger partial charge in [0, 0.05) is 18.2 Å². The van der Waals surface area contributed by atoms with E-state index in [0.29, 0.717) is 0 Å². The molecule has 0 bridgehead atoms. The fourth-order valence-corrected chi connectivity index (χ4v) is 2.62. The number of aromatic nitrogens is 2. The first-order valence-corrected chi connectivity index (χ1v) is 6.64. The maximum absolute atomic E-state index is 11.8. The Morgan fingerprint density at radius 1 is 1.40 bits per heavy atom. The van der Waals surface area contributed by atoms with Crippen molar-refractivity contribution in [3.8, 4) is 17.0 Å². The number of ether oxygens (including phenoxy) is 1. The molecule has 0 saturated carbocycles. The number of aromatic hydroxyl groups is 1. The smallest absolute Gasteiger partial charge is 0.328 e. The maximum atomic E-state index is 11.8. The summed E-state index contributed by atoms with van der Waals surface area (Å²) in [5.41, 5.74) is 1.74. The van der Waals surface area contributed by atoms with Crippen LogP contribution in [0.5, 0.6) is 5.75 Å². The molecule has 0 saturated heterocycles. The average Bonchev–Trinajstić information content (AvgIpc) is 2.91. The zero-order chi connectivity index (χ0) is 14.1. The van der Waals surface area contributed by atoms with Crippen LogP contribution in [-0.2, 0) is 16.0 Å². The van der Waals surface area contributed by atoms with Gasteiger partial charge < -0.3 is 14.4 Å². The summed E-state index contributed by atoms with van der Waals surface area (Å²) in [5.74, 6) is 0.917. The molecule has 0 amide bonds. The lowest BCUT2D eigenvalue weighted by molar-refractivity contribution is -0.145. The van der Waals surface area contributed by atoms with Crippen molar-refractivity contribution in [1.82, 2.24) is 9.55 Å². The number of phenols is 1. The van der Waals surface area contributed by atoms with Crippen LogP contribution in [0.15, 0.2) is 30.5 Å². The quantitative estimate of drug-likeness (QED) is 0.852. The van der Waals surface area contributed by atoms with Crippen molar-refractivity contribution < 1.29 is 14.6 Å². The lowest BCUT2D eigenvalue weighted by Gasteiger charge is -2.22. The van der Waals surface area contributed by atoms with Gasteiger partial charge in [0.1, 0.15) is 17.6 Å². The summed E-state index contributed by atoms with van der Waals surface area (Å²) in [5, 5.41) is 9.33. The van der Waals surface area contributed by atoms with Gasteiger partial charge in [-0.3, -0.25) is 0 Å². The number of phenolic OH excluding ortho intramolecular Hbond substituents is 1. The number of carbonyl (C=O) groups is 1. The van der Waals surface area contributed by atoms with E-state index in [1.54, 1.807) is 12.1 Å². The normalized spacial score (nSPS) is 17.6. The molecule has 5 heteroatoms. The van der Waals surface area contributed by atoms with Gasteiger partial charge in [-0.1, -0.05) is 0 Å². The van der Waals surface area contributed by atoms with Crippen LogP contribution in [0.1, 0.15) is 24.7 Å². The van der Waals surface area contributed by atoms with Crippen LogP contribution in [0.2, 0.25) is 0 Å². The molecule has 0 fully saturated rings. The molecule has 3 rings (SSSR count). The third-order valence-corrected chi connectivity index (χ3v) is 3.66.